The number of anilines is 1. The van der Waals surface area contributed by atoms with Gasteiger partial charge in [-0.15, -0.1) is 0 Å². The van der Waals surface area contributed by atoms with E-state index in [0.717, 1.165) is 14.1 Å². The molecule has 0 aliphatic rings. The molecule has 1 N–H and O–H groups in total. The standard InChI is InChI=1S/C18H18IN3O5S/c1-27-18(24)14-5-3-13(4-6-14)11-20-21-17(23)12-22(28(2,25)26)16-9-7-15(19)8-10-16/h3-11H,12H2,1-2H3,(H,21,23)/b20-11-. The fourth-order valence-electron chi connectivity index (χ4n) is 2.18. The van der Waals surface area contributed by atoms with Crippen molar-refractivity contribution in [1.29, 1.82) is 0 Å². The Hall–Kier alpha value is -2.47. The van der Waals surface area contributed by atoms with E-state index < -0.39 is 28.4 Å². The van der Waals surface area contributed by atoms with Crippen LogP contribution in [0.1, 0.15) is 15.9 Å². The Labute approximate surface area is 176 Å². The number of benzene rings is 2. The number of nitrogens with zero attached hydrogens (tertiary/aromatic N) is 2. The molecule has 0 unspecified atom stereocenters. The Kier molecular flexibility index (Phi) is 7.52. The predicted octanol–water partition coefficient (Wildman–Crippen LogP) is 1.99. The molecule has 0 aliphatic carbocycles. The van der Waals surface area contributed by atoms with Crippen LogP contribution < -0.4 is 9.73 Å². The van der Waals surface area contributed by atoms with E-state index in [1.54, 1.807) is 48.5 Å². The van der Waals surface area contributed by atoms with E-state index in [0.29, 0.717) is 16.8 Å². The van der Waals surface area contributed by atoms with Gasteiger partial charge in [0, 0.05) is 3.57 Å². The zero-order valence-electron chi connectivity index (χ0n) is 15.1. The Morgan fingerprint density at radius 2 is 1.75 bits per heavy atom. The second-order valence-corrected chi connectivity index (χ2v) is 8.81. The molecule has 8 nitrogen and oxygen atoms in total. The second kappa shape index (κ2) is 9.64. The van der Waals surface area contributed by atoms with Gasteiger partial charge in [-0.2, -0.15) is 5.10 Å². The third kappa shape index (κ3) is 6.30. The van der Waals surface area contributed by atoms with E-state index >= 15 is 0 Å². The number of halogens is 1. The van der Waals surface area contributed by atoms with Crippen LogP contribution in [0.4, 0.5) is 5.69 Å². The molecule has 0 radical (unpaired) electrons. The smallest absolute Gasteiger partial charge is 0.337 e. The molecule has 2 aromatic carbocycles. The fourth-order valence-corrected chi connectivity index (χ4v) is 3.39. The number of carbonyl (C=O) groups is 2. The Morgan fingerprint density at radius 3 is 2.29 bits per heavy atom. The Bertz CT molecular complexity index is 973. The van der Waals surface area contributed by atoms with E-state index in [1.807, 2.05) is 0 Å². The van der Waals surface area contributed by atoms with Gasteiger partial charge in [-0.1, -0.05) is 12.1 Å². The Balaban J connectivity index is 2.02. The normalized spacial score (nSPS) is 11.2. The predicted molar refractivity (Wildman–Crippen MR) is 115 cm³/mol. The third-order valence-electron chi connectivity index (χ3n) is 3.54. The number of rotatable bonds is 7. The van der Waals surface area contributed by atoms with Gasteiger partial charge in [0.15, 0.2) is 0 Å². The molecule has 0 heterocycles. The summed E-state index contributed by atoms with van der Waals surface area (Å²) in [4.78, 5) is 23.5. The van der Waals surface area contributed by atoms with E-state index in [-0.39, 0.29) is 0 Å². The van der Waals surface area contributed by atoms with E-state index in [1.165, 1.54) is 13.3 Å². The minimum absolute atomic E-state index is 0.389. The number of hydrogen-bond donors (Lipinski definition) is 1. The molecule has 2 rings (SSSR count). The average molecular weight is 515 g/mol. The lowest BCUT2D eigenvalue weighted by Crippen LogP contribution is -2.39. The molecule has 1 amide bonds. The van der Waals surface area contributed by atoms with Crippen LogP contribution in [0.25, 0.3) is 0 Å². The molecular formula is C18H18IN3O5S. The lowest BCUT2D eigenvalue weighted by atomic mass is 10.1. The summed E-state index contributed by atoms with van der Waals surface area (Å²) in [5.74, 6) is -1.04. The zero-order valence-corrected chi connectivity index (χ0v) is 18.1. The van der Waals surface area contributed by atoms with Crippen LogP contribution >= 0.6 is 22.6 Å². The summed E-state index contributed by atoms with van der Waals surface area (Å²) in [7, 11) is -2.35. The SMILES string of the molecule is COC(=O)c1ccc(/C=N\NC(=O)CN(c2ccc(I)cc2)S(C)(=O)=O)cc1. The molecule has 2 aromatic rings. The molecule has 0 aromatic heterocycles. The van der Waals surface area contributed by atoms with Gasteiger partial charge >= 0.3 is 5.97 Å². The summed E-state index contributed by atoms with van der Waals surface area (Å²) < 4.78 is 30.6. The highest BCUT2D eigenvalue weighted by molar-refractivity contribution is 14.1. The van der Waals surface area contributed by atoms with Crippen LogP contribution in [-0.4, -0.2) is 46.4 Å². The first kappa shape index (κ1) is 21.8. The van der Waals surface area contributed by atoms with E-state index in [2.05, 4.69) is 37.9 Å². The molecule has 0 saturated heterocycles. The van der Waals surface area contributed by atoms with Crippen LogP contribution in [0.3, 0.4) is 0 Å². The molecule has 10 heteroatoms. The third-order valence-corrected chi connectivity index (χ3v) is 5.40. The summed E-state index contributed by atoms with van der Waals surface area (Å²) in [6, 6.07) is 13.2. The van der Waals surface area contributed by atoms with Gasteiger partial charge in [-0.3, -0.25) is 9.10 Å². The maximum Gasteiger partial charge on any atom is 0.337 e. The second-order valence-electron chi connectivity index (χ2n) is 5.65. The monoisotopic (exact) mass is 515 g/mol. The maximum atomic E-state index is 12.1. The van der Waals surface area contributed by atoms with Crippen molar-refractivity contribution in [2.45, 2.75) is 0 Å². The van der Waals surface area contributed by atoms with E-state index in [9.17, 15) is 18.0 Å². The number of amides is 1. The fraction of sp³-hybridized carbons (Fsp3) is 0.167. The van der Waals surface area contributed by atoms with Crippen LogP contribution in [-0.2, 0) is 19.6 Å². The van der Waals surface area contributed by atoms with E-state index in [4.69, 9.17) is 0 Å². The van der Waals surface area contributed by atoms with Gasteiger partial charge in [0.05, 0.1) is 30.8 Å². The molecule has 0 saturated carbocycles. The number of methoxy groups -OCH3 is 1. The maximum absolute atomic E-state index is 12.1. The van der Waals surface area contributed by atoms with Crippen LogP contribution in [0.5, 0.6) is 0 Å². The molecular weight excluding hydrogens is 497 g/mol. The molecule has 0 atom stereocenters. The molecule has 0 fully saturated rings. The minimum atomic E-state index is -3.64. The first-order valence-electron chi connectivity index (χ1n) is 7.94. The zero-order chi connectivity index (χ0) is 20.7. The Morgan fingerprint density at radius 1 is 1.14 bits per heavy atom. The summed E-state index contributed by atoms with van der Waals surface area (Å²) in [6.45, 7) is -0.405. The van der Waals surface area contributed by atoms with Crippen molar-refractivity contribution in [1.82, 2.24) is 5.43 Å². The summed E-state index contributed by atoms with van der Waals surface area (Å²) in [5, 5.41) is 3.82. The lowest BCUT2D eigenvalue weighted by molar-refractivity contribution is -0.119. The molecule has 0 bridgehead atoms. The number of esters is 1. The highest BCUT2D eigenvalue weighted by Crippen LogP contribution is 2.18. The van der Waals surface area contributed by atoms with Crippen molar-refractivity contribution >= 4 is 56.4 Å². The van der Waals surface area contributed by atoms with Crippen molar-refractivity contribution in [3.05, 3.63) is 63.2 Å². The molecule has 28 heavy (non-hydrogen) atoms. The van der Waals surface area contributed by atoms with Crippen molar-refractivity contribution < 1.29 is 22.7 Å². The van der Waals surface area contributed by atoms with Gasteiger partial charge in [0.2, 0.25) is 10.0 Å². The largest absolute Gasteiger partial charge is 0.465 e. The van der Waals surface area contributed by atoms with Crippen LogP contribution in [0, 0.1) is 3.57 Å². The number of hydrogen-bond acceptors (Lipinski definition) is 6. The highest BCUT2D eigenvalue weighted by atomic mass is 127. The number of carbonyl (C=O) groups excluding carboxylic acids is 2. The first-order chi connectivity index (χ1) is 13.2. The number of hydrazone groups is 1. The minimum Gasteiger partial charge on any atom is -0.465 e. The van der Waals surface area contributed by atoms with Gasteiger partial charge in [-0.25, -0.2) is 18.6 Å². The van der Waals surface area contributed by atoms with Crippen molar-refractivity contribution in [2.24, 2.45) is 5.10 Å². The number of sulfonamides is 1. The number of ether oxygens (including phenoxy) is 1. The first-order valence-corrected chi connectivity index (χ1v) is 10.9. The summed E-state index contributed by atoms with van der Waals surface area (Å²) in [5.41, 5.74) is 3.72. The molecule has 0 aliphatic heterocycles. The number of nitrogens with one attached hydrogen (secondary N) is 1. The molecule has 0 spiro atoms. The van der Waals surface area contributed by atoms with Gasteiger partial charge in [-0.05, 0) is 64.6 Å². The molecule has 148 valence electrons. The summed E-state index contributed by atoms with van der Waals surface area (Å²) >= 11 is 2.11. The van der Waals surface area contributed by atoms with Gasteiger partial charge in [0.25, 0.3) is 5.91 Å². The van der Waals surface area contributed by atoms with Crippen molar-refractivity contribution in [3.63, 3.8) is 0 Å². The van der Waals surface area contributed by atoms with Gasteiger partial charge < -0.3 is 4.74 Å². The summed E-state index contributed by atoms with van der Waals surface area (Å²) in [6.07, 6.45) is 2.42. The van der Waals surface area contributed by atoms with Crippen LogP contribution in [0.2, 0.25) is 0 Å². The highest BCUT2D eigenvalue weighted by Gasteiger charge is 2.20. The van der Waals surface area contributed by atoms with Crippen molar-refractivity contribution in [3.8, 4) is 0 Å². The topological polar surface area (TPSA) is 105 Å². The van der Waals surface area contributed by atoms with Crippen LogP contribution in [0.15, 0.2) is 53.6 Å². The van der Waals surface area contributed by atoms with Crippen molar-refractivity contribution in [2.75, 3.05) is 24.2 Å². The average Bonchev–Trinajstić information content (AvgIpc) is 2.66. The quantitative estimate of drug-likeness (QED) is 0.263. The van der Waals surface area contributed by atoms with Gasteiger partial charge in [0.1, 0.15) is 6.54 Å². The lowest BCUT2D eigenvalue weighted by Gasteiger charge is -2.21.